The zero-order valence-electron chi connectivity index (χ0n) is 51.3. The Bertz CT molecular complexity index is 3650. The first-order valence-electron chi connectivity index (χ1n) is 30.3. The molecule has 2 aliphatic carbocycles. The predicted octanol–water partition coefficient (Wildman–Crippen LogP) is 9.57. The van der Waals surface area contributed by atoms with Crippen LogP contribution in [0.4, 0.5) is 17.5 Å². The van der Waals surface area contributed by atoms with Crippen molar-refractivity contribution in [2.75, 3.05) is 68.2 Å². The van der Waals surface area contributed by atoms with E-state index in [-0.39, 0.29) is 37.1 Å². The van der Waals surface area contributed by atoms with Gasteiger partial charge in [0.05, 0.1) is 24.3 Å². The van der Waals surface area contributed by atoms with Gasteiger partial charge in [-0.1, -0.05) is 38.3 Å². The van der Waals surface area contributed by atoms with E-state index in [0.717, 1.165) is 77.5 Å². The van der Waals surface area contributed by atoms with E-state index in [1.807, 2.05) is 30.0 Å². The molecular weight excluding hydrogens is 1170 g/mol. The minimum absolute atomic E-state index is 0.0743. The maximum atomic E-state index is 13.6. The van der Waals surface area contributed by atoms with Crippen LogP contribution < -0.4 is 38.9 Å². The number of hydrogen-bond donors (Lipinski definition) is 3. The van der Waals surface area contributed by atoms with Crippen LogP contribution in [0.15, 0.2) is 95.2 Å². The number of nitrogens with zero attached hydrogens (tertiary/aromatic N) is 11. The zero-order chi connectivity index (χ0) is 61.9. The first-order chi connectivity index (χ1) is 41.2. The minimum Gasteiger partial charge on any atom is -0.477 e. The van der Waals surface area contributed by atoms with E-state index in [1.165, 1.54) is 79.9 Å². The summed E-state index contributed by atoms with van der Waals surface area (Å²) in [5.41, 5.74) is 0.841. The average molecular weight is 1250 g/mol. The summed E-state index contributed by atoms with van der Waals surface area (Å²) in [6.45, 7) is 17.9. The highest BCUT2D eigenvalue weighted by atomic mass is 35.5. The molecule has 4 fully saturated rings. The van der Waals surface area contributed by atoms with Crippen molar-refractivity contribution >= 4 is 60.9 Å². The predicted molar refractivity (Wildman–Crippen MR) is 334 cm³/mol. The smallest absolute Gasteiger partial charge is 0.268 e. The zero-order valence-corrected chi connectivity index (χ0v) is 53.6. The summed E-state index contributed by atoms with van der Waals surface area (Å²) >= 11 is 6.29. The van der Waals surface area contributed by atoms with Crippen LogP contribution in [0.25, 0.3) is 11.6 Å². The molecule has 4 bridgehead atoms. The Morgan fingerprint density at radius 2 is 1.46 bits per heavy atom. The maximum Gasteiger partial charge on any atom is 0.268 e. The molecule has 12 rings (SSSR count). The fourth-order valence-electron chi connectivity index (χ4n) is 11.6. The topological polar surface area (TPSA) is 254 Å². The summed E-state index contributed by atoms with van der Waals surface area (Å²) < 4.78 is 71.5. The van der Waals surface area contributed by atoms with Gasteiger partial charge < -0.3 is 29.5 Å². The van der Waals surface area contributed by atoms with Gasteiger partial charge in [-0.25, -0.2) is 55.6 Å². The first kappa shape index (κ1) is 63.1. The Morgan fingerprint density at radius 3 is 2.06 bits per heavy atom. The Morgan fingerprint density at radius 1 is 0.805 bits per heavy atom. The third-order valence-corrected chi connectivity index (χ3v) is 20.7. The second-order valence-electron chi connectivity index (χ2n) is 26.3. The minimum atomic E-state index is -4.19. The number of fused-ring (bicyclic) bond motifs is 8. The van der Waals surface area contributed by atoms with Gasteiger partial charge in [0.25, 0.3) is 31.9 Å². The number of sulfonamides is 2. The third-order valence-electron chi connectivity index (χ3n) is 17.8. The number of anilines is 3. The van der Waals surface area contributed by atoms with Crippen molar-refractivity contribution in [3.05, 3.63) is 102 Å². The highest BCUT2D eigenvalue weighted by Gasteiger charge is 2.42. The number of amides is 2. The van der Waals surface area contributed by atoms with E-state index in [0.29, 0.717) is 76.7 Å². The molecule has 87 heavy (non-hydrogen) atoms. The molecular formula is C62H83ClN14O8S2. The van der Waals surface area contributed by atoms with Gasteiger partial charge in [-0.2, -0.15) is 0 Å². The van der Waals surface area contributed by atoms with Crippen molar-refractivity contribution in [1.82, 2.24) is 54.3 Å². The standard InChI is InChI=1S/C31H42ClN7O4S.C31H41N7O4S/c1-30(2)19-22(20-34-30)7-5-6-16-38(4)25-10-8-23(21-33-25)44(41,42)37-29(40)24-9-11-26(35-28(24)32)39-17-12-27(36-39)43-18-15-31(3)13-14-31;1-30(2)19-22-7-5-6-16-36(4)25-10-8-23(20-32-25)43(40,41)35-29(39)24-9-11-26(33-28(24)37(30)21-22)38-17-12-27(34-38)42-18-15-31(3)13-14-31/h8-12,17,21-22,34H,5-7,13-16,18-20H2,1-4H3,(H,37,40);8-12,17,20,22H,5-7,13-16,18-19,21H2,1-4H3,(H,35,39). The van der Waals surface area contributed by atoms with Crippen molar-refractivity contribution in [3.8, 4) is 23.4 Å². The molecule has 22 nitrogen and oxygen atoms in total. The Kier molecular flexibility index (Phi) is 18.6. The fraction of sp³-hybridized carbons (Fsp3) is 0.548. The number of unbranched alkanes of at least 4 members (excludes halogenated alkanes) is 1. The summed E-state index contributed by atoms with van der Waals surface area (Å²) in [6.07, 6.45) is 21.5. The molecule has 6 aliphatic rings. The van der Waals surface area contributed by atoms with Gasteiger partial charge in [-0.05, 0) is 182 Å². The number of carbonyl (C=O) groups is 2. The van der Waals surface area contributed by atoms with Gasteiger partial charge in [0.2, 0.25) is 11.8 Å². The van der Waals surface area contributed by atoms with E-state index in [1.54, 1.807) is 47.4 Å². The fourth-order valence-corrected chi connectivity index (χ4v) is 13.7. The van der Waals surface area contributed by atoms with E-state index in [9.17, 15) is 26.4 Å². The van der Waals surface area contributed by atoms with E-state index < -0.39 is 31.9 Å². The lowest BCUT2D eigenvalue weighted by Gasteiger charge is -2.34. The SMILES string of the molecule is CN(CCCCC1CNC(C)(C)C1)c1ccc(S(=O)(=O)NC(=O)c2ccc(-n3ccc(OCCC4(C)CC4)n3)nc2Cl)cn1.CN1CCCCC2CN(c3nc(-n4ccc(OCCC5(C)CC5)n4)ccc3C(=O)NS(=O)(=O)c3ccc1nc3)C(C)(C)C2. The van der Waals surface area contributed by atoms with Gasteiger partial charge in [0, 0.05) is 81.7 Å². The highest BCUT2D eigenvalue weighted by Crippen LogP contribution is 2.49. The van der Waals surface area contributed by atoms with Crippen LogP contribution >= 0.6 is 11.6 Å². The van der Waals surface area contributed by atoms with Gasteiger partial charge in [0.15, 0.2) is 11.6 Å². The van der Waals surface area contributed by atoms with Gasteiger partial charge in [-0.3, -0.25) is 9.59 Å². The number of halogens is 1. The van der Waals surface area contributed by atoms with Crippen molar-refractivity contribution < 1.29 is 35.9 Å². The number of pyridine rings is 4. The summed E-state index contributed by atoms with van der Waals surface area (Å²) in [5.74, 6) is 3.15. The Labute approximate surface area is 516 Å². The molecule has 2 unspecified atom stereocenters. The molecule has 0 spiro atoms. The molecule has 468 valence electrons. The second-order valence-corrected chi connectivity index (χ2v) is 30.0. The number of rotatable bonds is 19. The lowest BCUT2D eigenvalue weighted by Crippen LogP contribution is -2.41. The van der Waals surface area contributed by atoms with E-state index in [4.69, 9.17) is 26.1 Å². The molecule has 3 N–H and O–H groups in total. The van der Waals surface area contributed by atoms with Crippen molar-refractivity contribution in [1.29, 1.82) is 0 Å². The van der Waals surface area contributed by atoms with Crippen molar-refractivity contribution in [3.63, 3.8) is 0 Å². The Balaban J connectivity index is 0.000000193. The molecule has 6 aromatic heterocycles. The summed E-state index contributed by atoms with van der Waals surface area (Å²) in [4.78, 5) is 50.3. The molecule has 2 amide bonds. The molecule has 25 heteroatoms. The molecule has 0 aromatic carbocycles. The van der Waals surface area contributed by atoms with Gasteiger partial charge in [0.1, 0.15) is 32.4 Å². The largest absolute Gasteiger partial charge is 0.477 e. The van der Waals surface area contributed by atoms with Crippen LogP contribution in [-0.2, 0) is 20.0 Å². The number of hydrogen-bond acceptors (Lipinski definition) is 18. The molecule has 2 saturated heterocycles. The Hall–Kier alpha value is -6.89. The van der Waals surface area contributed by atoms with Crippen LogP contribution in [0.1, 0.15) is 152 Å². The monoisotopic (exact) mass is 1250 g/mol. The second kappa shape index (κ2) is 25.7. The number of ether oxygens (including phenoxy) is 2. The number of aromatic nitrogens is 8. The average Bonchev–Trinajstić information content (AvgIpc) is 1.93. The highest BCUT2D eigenvalue weighted by molar-refractivity contribution is 7.90. The lowest BCUT2D eigenvalue weighted by molar-refractivity contribution is 0.0972. The van der Waals surface area contributed by atoms with Crippen molar-refractivity contribution in [2.45, 2.75) is 152 Å². The molecule has 4 aliphatic heterocycles. The number of nitrogens with one attached hydrogen (secondary N) is 3. The van der Waals surface area contributed by atoms with Crippen molar-refractivity contribution in [2.24, 2.45) is 22.7 Å². The van der Waals surface area contributed by atoms with Crippen LogP contribution in [-0.4, -0.2) is 133 Å². The van der Waals surface area contributed by atoms with Gasteiger partial charge in [-0.15, -0.1) is 10.2 Å². The van der Waals surface area contributed by atoms with Gasteiger partial charge >= 0.3 is 0 Å². The van der Waals surface area contributed by atoms with Crippen LogP contribution in [0.3, 0.4) is 0 Å². The maximum absolute atomic E-state index is 13.6. The molecule has 10 heterocycles. The summed E-state index contributed by atoms with van der Waals surface area (Å²) in [5, 5.41) is 12.4. The van der Waals surface area contributed by atoms with E-state index >= 15 is 0 Å². The summed E-state index contributed by atoms with van der Waals surface area (Å²) in [6, 6.07) is 16.0. The number of carbonyl (C=O) groups excluding carboxylic acids is 2. The van der Waals surface area contributed by atoms with Crippen LogP contribution in [0.5, 0.6) is 11.8 Å². The van der Waals surface area contributed by atoms with Crippen LogP contribution in [0, 0.1) is 22.7 Å². The van der Waals surface area contributed by atoms with Crippen LogP contribution in [0.2, 0.25) is 5.15 Å². The quantitative estimate of drug-likeness (QED) is 0.0504. The molecule has 2 saturated carbocycles. The first-order valence-corrected chi connectivity index (χ1v) is 33.7. The molecule has 0 radical (unpaired) electrons. The lowest BCUT2D eigenvalue weighted by atomic mass is 9.93. The summed E-state index contributed by atoms with van der Waals surface area (Å²) in [7, 11) is -4.46. The third kappa shape index (κ3) is 16.1. The normalized spacial score (nSPS) is 20.5. The van der Waals surface area contributed by atoms with E-state index in [2.05, 4.69) is 86.4 Å². The molecule has 2 atom stereocenters. The molecule has 6 aromatic rings.